The lowest BCUT2D eigenvalue weighted by atomic mass is 9.52. The summed E-state index contributed by atoms with van der Waals surface area (Å²) in [5, 5.41) is 2.38. The summed E-state index contributed by atoms with van der Waals surface area (Å²) in [4.78, 5) is 4.99. The highest BCUT2D eigenvalue weighted by Gasteiger charge is 2.55. The summed E-state index contributed by atoms with van der Waals surface area (Å²) < 4.78 is 24.9. The van der Waals surface area contributed by atoms with Crippen LogP contribution in [-0.2, 0) is 15.8 Å². The van der Waals surface area contributed by atoms with Crippen molar-refractivity contribution >= 4 is 46.1 Å². The molecule has 2 aliphatic heterocycles. The van der Waals surface area contributed by atoms with E-state index in [1.807, 2.05) is 47.8 Å². The monoisotopic (exact) mass is 859 g/mol. The van der Waals surface area contributed by atoms with E-state index in [4.69, 9.17) is 18.9 Å². The Bertz CT molecular complexity index is 2650. The molecule has 10 rings (SSSR count). The molecule has 1 saturated carbocycles. The average Bonchev–Trinajstić information content (AvgIpc) is 3.55. The predicted octanol–water partition coefficient (Wildman–Crippen LogP) is 13.7. The summed E-state index contributed by atoms with van der Waals surface area (Å²) in [7, 11) is 3.43. The van der Waals surface area contributed by atoms with E-state index in [0.717, 1.165) is 72.9 Å². The van der Waals surface area contributed by atoms with Gasteiger partial charge in [-0.15, -0.1) is 23.5 Å². The molecule has 0 radical (unpaired) electrons. The third-order valence-electron chi connectivity index (χ3n) is 14.0. The van der Waals surface area contributed by atoms with Gasteiger partial charge in [-0.05, 0) is 148 Å². The van der Waals surface area contributed by atoms with Crippen LogP contribution in [0.25, 0.3) is 39.1 Å². The van der Waals surface area contributed by atoms with Crippen molar-refractivity contribution in [3.63, 3.8) is 0 Å². The molecule has 2 aliphatic carbocycles. The molecule has 7 heteroatoms. The Morgan fingerprint density at radius 3 is 1.85 bits per heavy atom. The normalized spacial score (nSPS) is 18.8. The van der Waals surface area contributed by atoms with Gasteiger partial charge in [-0.25, -0.2) is 0 Å². The van der Waals surface area contributed by atoms with Crippen molar-refractivity contribution in [1.82, 2.24) is 0 Å². The van der Waals surface area contributed by atoms with Crippen LogP contribution < -0.4 is 19.1 Å². The molecule has 0 atom stereocenters. The van der Waals surface area contributed by atoms with Gasteiger partial charge in [-0.1, -0.05) is 76.2 Å². The number of fused-ring (bicyclic) bond motifs is 10. The number of methoxy groups -OCH3 is 2. The summed E-state index contributed by atoms with van der Waals surface area (Å²) in [6.07, 6.45) is 12.5. The number of hydrogen-bond acceptors (Lipinski definition) is 7. The highest BCUT2D eigenvalue weighted by molar-refractivity contribution is 7.99. The van der Waals surface area contributed by atoms with E-state index < -0.39 is 5.60 Å². The smallest absolute Gasteiger partial charge is 0.178 e. The van der Waals surface area contributed by atoms with E-state index in [9.17, 15) is 0 Å². The summed E-state index contributed by atoms with van der Waals surface area (Å²) in [6.45, 7) is 13.3. The summed E-state index contributed by atoms with van der Waals surface area (Å²) in [5.41, 5.74) is 11.6. The molecule has 2 fully saturated rings. The lowest BCUT2D eigenvalue weighted by Crippen LogP contribution is -2.44. The van der Waals surface area contributed by atoms with Crippen LogP contribution in [-0.4, -0.2) is 53.0 Å². The van der Waals surface area contributed by atoms with Crippen molar-refractivity contribution < 1.29 is 18.9 Å². The van der Waals surface area contributed by atoms with Gasteiger partial charge in [0.25, 0.3) is 0 Å². The van der Waals surface area contributed by atoms with Gasteiger partial charge in [0, 0.05) is 56.1 Å². The molecule has 6 aromatic rings. The second-order valence-corrected chi connectivity index (χ2v) is 20.9. The van der Waals surface area contributed by atoms with E-state index in [-0.39, 0.29) is 16.2 Å². The maximum atomic E-state index is 7.92. The van der Waals surface area contributed by atoms with Crippen molar-refractivity contribution in [3.8, 4) is 39.5 Å². The van der Waals surface area contributed by atoms with Crippen LogP contribution in [0.3, 0.4) is 0 Å². The van der Waals surface area contributed by atoms with Gasteiger partial charge in [0.1, 0.15) is 17.2 Å². The van der Waals surface area contributed by atoms with Crippen molar-refractivity contribution in [2.75, 3.05) is 57.9 Å². The zero-order chi connectivity index (χ0) is 43.0. The van der Waals surface area contributed by atoms with Gasteiger partial charge < -0.3 is 23.8 Å². The minimum Gasteiger partial charge on any atom is -0.497 e. The molecule has 5 nitrogen and oxygen atoms in total. The first kappa shape index (κ1) is 41.2. The fourth-order valence-corrected chi connectivity index (χ4v) is 13.1. The lowest BCUT2D eigenvalue weighted by Gasteiger charge is -2.52. The number of ether oxygens (including phenoxy) is 4. The third-order valence-corrected chi connectivity index (χ3v) is 15.5. The van der Waals surface area contributed by atoms with Gasteiger partial charge in [-0.2, -0.15) is 0 Å². The molecule has 1 saturated heterocycles. The second kappa shape index (κ2) is 15.5. The van der Waals surface area contributed by atoms with E-state index in [0.29, 0.717) is 0 Å². The van der Waals surface area contributed by atoms with Gasteiger partial charge in [-0.3, -0.25) is 0 Å². The first-order valence-corrected chi connectivity index (χ1v) is 24.4. The Morgan fingerprint density at radius 1 is 0.645 bits per heavy atom. The second-order valence-electron chi connectivity index (χ2n) is 19.2. The molecule has 318 valence electrons. The molecule has 0 amide bonds. The molecule has 0 aromatic heterocycles. The maximum absolute atomic E-state index is 7.92. The van der Waals surface area contributed by atoms with Crippen LogP contribution in [0, 0.1) is 10.8 Å². The number of benzene rings is 6. The molecule has 1 spiro atoms. The molecule has 0 N–H and O–H groups in total. The molecular weight excluding hydrogens is 803 g/mol. The van der Waals surface area contributed by atoms with Gasteiger partial charge >= 0.3 is 0 Å². The van der Waals surface area contributed by atoms with Gasteiger partial charge in [0.15, 0.2) is 5.60 Å². The number of morpholine rings is 1. The summed E-state index contributed by atoms with van der Waals surface area (Å²) in [6, 6.07) is 38.1. The van der Waals surface area contributed by atoms with Crippen LogP contribution in [0.4, 0.5) is 5.69 Å². The minimum absolute atomic E-state index is 0.120. The fourth-order valence-electron chi connectivity index (χ4n) is 12.0. The Balaban J connectivity index is 1.28. The Labute approximate surface area is 376 Å². The Kier molecular flexibility index (Phi) is 10.3. The van der Waals surface area contributed by atoms with E-state index in [1.165, 1.54) is 66.2 Å². The van der Waals surface area contributed by atoms with E-state index in [2.05, 4.69) is 136 Å². The zero-order valence-electron chi connectivity index (χ0n) is 37.3. The van der Waals surface area contributed by atoms with E-state index >= 15 is 0 Å². The molecule has 2 heterocycles. The zero-order valence-corrected chi connectivity index (χ0v) is 38.9. The molecule has 62 heavy (non-hydrogen) atoms. The summed E-state index contributed by atoms with van der Waals surface area (Å²) >= 11 is 3.67. The van der Waals surface area contributed by atoms with Gasteiger partial charge in [0.2, 0.25) is 0 Å². The SMILES string of the molecule is COc1ccc(C2(c3ccc(OC)cc3)C=Cc3c4c(c5cc(SC)c(-c6ccc(N7CCOCC7)cc6)cc5c3O2)-c2ccc(SC)cc2C42CC(C)(C)CC(C)(C)C2)cc1. The maximum Gasteiger partial charge on any atom is 0.178 e. The molecule has 4 aliphatic rings. The van der Waals surface area contributed by atoms with Crippen molar-refractivity contribution in [2.45, 2.75) is 67.8 Å². The predicted molar refractivity (Wildman–Crippen MR) is 260 cm³/mol. The van der Waals surface area contributed by atoms with Crippen molar-refractivity contribution in [2.24, 2.45) is 10.8 Å². The summed E-state index contributed by atoms with van der Waals surface area (Å²) in [5.74, 6) is 2.55. The first-order valence-electron chi connectivity index (χ1n) is 21.9. The standard InChI is InChI=1S/C55H57NO4S2/c1-52(2)32-53(3,4)34-54(33-52)47-29-41(61-7)21-22-42(47)49-45-31-48(62-8)44(35-9-15-38(16-10-35)56-25-27-59-28-26-56)30-46(45)51-43(50(49)54)23-24-55(60-51,36-11-17-39(57-5)18-12-36)37-13-19-40(58-6)20-14-37/h9-24,29-31H,25-28,32-34H2,1-8H3. The molecule has 6 aromatic carbocycles. The Morgan fingerprint density at radius 2 is 1.27 bits per heavy atom. The van der Waals surface area contributed by atoms with Crippen molar-refractivity contribution in [3.05, 3.63) is 137 Å². The van der Waals surface area contributed by atoms with Crippen LogP contribution >= 0.6 is 23.5 Å². The van der Waals surface area contributed by atoms with E-state index in [1.54, 1.807) is 14.2 Å². The minimum atomic E-state index is -0.930. The number of rotatable bonds is 8. The molecule has 0 bridgehead atoms. The van der Waals surface area contributed by atoms with Gasteiger partial charge in [0.05, 0.1) is 27.4 Å². The third kappa shape index (κ3) is 6.73. The fraction of sp³-hybridized carbons (Fsp3) is 0.345. The molecular formula is C55H57NO4S2. The highest BCUT2D eigenvalue weighted by Crippen LogP contribution is 2.67. The average molecular weight is 860 g/mol. The number of hydrogen-bond donors (Lipinski definition) is 0. The lowest BCUT2D eigenvalue weighted by molar-refractivity contribution is 0.0641. The topological polar surface area (TPSA) is 40.2 Å². The molecule has 0 unspecified atom stereocenters. The number of anilines is 1. The quantitative estimate of drug-likeness (QED) is 0.141. The number of nitrogens with zero attached hydrogens (tertiary/aromatic N) is 1. The van der Waals surface area contributed by atoms with Crippen molar-refractivity contribution in [1.29, 1.82) is 0 Å². The van der Waals surface area contributed by atoms with Crippen LogP contribution in [0.2, 0.25) is 0 Å². The largest absolute Gasteiger partial charge is 0.497 e. The van der Waals surface area contributed by atoms with Crippen LogP contribution in [0.1, 0.15) is 74.8 Å². The van der Waals surface area contributed by atoms with Crippen LogP contribution in [0.5, 0.6) is 17.2 Å². The number of thioether (sulfide) groups is 2. The highest BCUT2D eigenvalue weighted by atomic mass is 32.2. The van der Waals surface area contributed by atoms with Crippen LogP contribution in [0.15, 0.2) is 119 Å². The Hall–Kier alpha value is -4.82. The first-order chi connectivity index (χ1) is 29.9.